The summed E-state index contributed by atoms with van der Waals surface area (Å²) in [4.78, 5) is 9.05. The normalized spacial score (nSPS) is 10.7. The van der Waals surface area contributed by atoms with Gasteiger partial charge in [0.2, 0.25) is 0 Å². The van der Waals surface area contributed by atoms with E-state index in [1.54, 1.807) is 0 Å². The van der Waals surface area contributed by atoms with Crippen LogP contribution >= 0.6 is 0 Å². The summed E-state index contributed by atoms with van der Waals surface area (Å²) in [6, 6.07) is 6.60. The fourth-order valence-corrected chi connectivity index (χ4v) is 3.27. The molecule has 0 spiro atoms. The lowest BCUT2D eigenvalue weighted by atomic mass is 10.1. The predicted molar refractivity (Wildman–Crippen MR) is 131 cm³/mol. The van der Waals surface area contributed by atoms with Gasteiger partial charge in [-0.3, -0.25) is 0 Å². The van der Waals surface area contributed by atoms with Crippen molar-refractivity contribution in [3.8, 4) is 0 Å². The topological polar surface area (TPSA) is 30.9 Å². The molecule has 0 saturated heterocycles. The molecule has 1 rings (SSSR count). The Morgan fingerprint density at radius 2 is 1.83 bits per heavy atom. The van der Waals surface area contributed by atoms with Crippen LogP contribution in [-0.4, -0.2) is 31.3 Å². The predicted octanol–water partition coefficient (Wildman–Crippen LogP) is 6.59. The van der Waals surface area contributed by atoms with Gasteiger partial charge in [0.05, 0.1) is 0 Å². The Morgan fingerprint density at radius 1 is 1.14 bits per heavy atom. The molecule has 0 aliphatic heterocycles. The van der Waals surface area contributed by atoms with Crippen molar-refractivity contribution in [1.82, 2.24) is 4.90 Å². The van der Waals surface area contributed by atoms with Gasteiger partial charge in [-0.15, -0.1) is 0 Å². The lowest BCUT2D eigenvalue weighted by molar-refractivity contribution is 0.509. The second-order valence-electron chi connectivity index (χ2n) is 7.60. The van der Waals surface area contributed by atoms with E-state index in [1.165, 1.54) is 22.5 Å². The molecule has 0 amide bonds. The van der Waals surface area contributed by atoms with Crippen LogP contribution < -0.4 is 10.2 Å². The van der Waals surface area contributed by atoms with E-state index in [-0.39, 0.29) is 0 Å². The van der Waals surface area contributed by atoms with Crippen molar-refractivity contribution in [3.63, 3.8) is 0 Å². The van der Waals surface area contributed by atoms with Crippen molar-refractivity contribution >= 4 is 17.6 Å². The third kappa shape index (κ3) is 7.45. The van der Waals surface area contributed by atoms with Crippen LogP contribution in [0.2, 0.25) is 0 Å². The summed E-state index contributed by atoms with van der Waals surface area (Å²) in [7, 11) is 2.04. The van der Waals surface area contributed by atoms with E-state index >= 15 is 0 Å². The summed E-state index contributed by atoms with van der Waals surface area (Å²) < 4.78 is 0. The lowest BCUT2D eigenvalue weighted by Gasteiger charge is -2.24. The Morgan fingerprint density at radius 3 is 2.34 bits per heavy atom. The fraction of sp³-hybridized carbons (Fsp3) is 0.480. The summed E-state index contributed by atoms with van der Waals surface area (Å²) in [5, 5.41) is 3.37. The maximum atomic E-state index is 4.53. The Balaban J connectivity index is 2.87. The minimum atomic E-state index is 0.652. The minimum Gasteiger partial charge on any atom is -0.372 e. The molecule has 1 aromatic rings. The molecule has 160 valence electrons. The molecule has 4 heteroatoms. The Bertz CT molecular complexity index is 754. The Labute approximate surface area is 178 Å². The fourth-order valence-electron chi connectivity index (χ4n) is 3.27. The highest BCUT2D eigenvalue weighted by atomic mass is 15.1. The average molecular weight is 397 g/mol. The van der Waals surface area contributed by atoms with Crippen molar-refractivity contribution in [1.29, 1.82) is 0 Å². The number of allylic oxidation sites excluding steroid dienone is 3. The summed E-state index contributed by atoms with van der Waals surface area (Å²) in [5.74, 6) is 0.652. The number of aliphatic imine (C=N–C) groups is 1. The molecule has 0 fully saturated rings. The highest BCUT2D eigenvalue weighted by Crippen LogP contribution is 2.25. The lowest BCUT2D eigenvalue weighted by Crippen LogP contribution is -2.23. The molecule has 1 aromatic carbocycles. The van der Waals surface area contributed by atoms with E-state index in [4.69, 9.17) is 0 Å². The number of nitrogens with zero attached hydrogens (tertiary/aromatic N) is 3. The summed E-state index contributed by atoms with van der Waals surface area (Å²) in [5.41, 5.74) is 7.12. The van der Waals surface area contributed by atoms with Crippen molar-refractivity contribution < 1.29 is 0 Å². The van der Waals surface area contributed by atoms with Crippen molar-refractivity contribution in [2.24, 2.45) is 4.99 Å². The molecule has 0 heterocycles. The second kappa shape index (κ2) is 12.2. The standard InChI is InChI=1S/C25H40N4/c1-10-17-29(12-3)23-13-14-24(22(11-2)18-23)27-21(8)26-16-15-25(19(4)5)28(9)20(6)7/h13-14,16,18,27H,6,8,10-12,15,17H2,1-5,7,9H3. The van der Waals surface area contributed by atoms with Gasteiger partial charge in [0.1, 0.15) is 5.82 Å². The van der Waals surface area contributed by atoms with Crippen LogP contribution in [0.25, 0.3) is 0 Å². The van der Waals surface area contributed by atoms with Crippen LogP contribution in [0.15, 0.2) is 59.1 Å². The number of aryl methyl sites for hydroxylation is 1. The highest BCUT2D eigenvalue weighted by Gasteiger charge is 2.09. The zero-order chi connectivity index (χ0) is 22.0. The van der Waals surface area contributed by atoms with E-state index in [2.05, 4.69) is 86.1 Å². The zero-order valence-corrected chi connectivity index (χ0v) is 19.6. The minimum absolute atomic E-state index is 0.652. The van der Waals surface area contributed by atoms with E-state index in [9.17, 15) is 0 Å². The highest BCUT2D eigenvalue weighted by molar-refractivity contribution is 5.66. The molecule has 4 nitrogen and oxygen atoms in total. The van der Waals surface area contributed by atoms with Crippen molar-refractivity contribution in [2.45, 2.75) is 60.8 Å². The number of nitrogens with one attached hydrogen (secondary N) is 1. The molecule has 0 aliphatic rings. The monoisotopic (exact) mass is 396 g/mol. The van der Waals surface area contributed by atoms with Crippen LogP contribution in [0.1, 0.15) is 59.9 Å². The van der Waals surface area contributed by atoms with E-state index in [1.807, 2.05) is 20.2 Å². The number of benzene rings is 1. The zero-order valence-electron chi connectivity index (χ0n) is 19.6. The van der Waals surface area contributed by atoms with Crippen LogP contribution in [0.4, 0.5) is 11.4 Å². The van der Waals surface area contributed by atoms with E-state index < -0.39 is 0 Å². The quantitative estimate of drug-likeness (QED) is 0.404. The molecule has 0 unspecified atom stereocenters. The molecule has 0 saturated carbocycles. The van der Waals surface area contributed by atoms with Gasteiger partial charge in [0.25, 0.3) is 0 Å². The number of hydrogen-bond acceptors (Lipinski definition) is 4. The second-order valence-corrected chi connectivity index (χ2v) is 7.60. The first kappa shape index (κ1) is 24.5. The van der Waals surface area contributed by atoms with E-state index in [0.717, 1.165) is 43.7 Å². The molecule has 0 bridgehead atoms. The smallest absolute Gasteiger partial charge is 0.122 e. The van der Waals surface area contributed by atoms with Gasteiger partial charge >= 0.3 is 0 Å². The van der Waals surface area contributed by atoms with Crippen LogP contribution in [0.3, 0.4) is 0 Å². The average Bonchev–Trinajstić information content (AvgIpc) is 2.68. The summed E-state index contributed by atoms with van der Waals surface area (Å²) in [6.07, 6.45) is 4.77. The molecule has 0 radical (unpaired) electrons. The van der Waals surface area contributed by atoms with Crippen LogP contribution in [0.5, 0.6) is 0 Å². The summed E-state index contributed by atoms with van der Waals surface area (Å²) in [6.45, 7) is 23.1. The van der Waals surface area contributed by atoms with Gasteiger partial charge in [0.15, 0.2) is 0 Å². The molecular formula is C25H40N4. The number of hydrogen-bond donors (Lipinski definition) is 1. The molecule has 29 heavy (non-hydrogen) atoms. The summed E-state index contributed by atoms with van der Waals surface area (Å²) >= 11 is 0. The van der Waals surface area contributed by atoms with Gasteiger partial charge in [-0.1, -0.05) is 32.6 Å². The molecule has 0 atom stereocenters. The SMILES string of the molecule is C=C(N=CCC(=C(C)C)N(C)C(=C)C)Nc1ccc(N(CC)CCC)cc1CC. The first-order valence-corrected chi connectivity index (χ1v) is 10.7. The third-order valence-electron chi connectivity index (χ3n) is 5.08. The van der Waals surface area contributed by atoms with Crippen molar-refractivity contribution in [3.05, 3.63) is 59.7 Å². The maximum Gasteiger partial charge on any atom is 0.122 e. The molecule has 0 aromatic heterocycles. The van der Waals surface area contributed by atoms with Gasteiger partial charge in [-0.25, -0.2) is 4.99 Å². The van der Waals surface area contributed by atoms with Gasteiger partial charge in [-0.05, 0) is 64.3 Å². The Kier molecular flexibility index (Phi) is 10.3. The molecule has 1 N–H and O–H groups in total. The maximum absolute atomic E-state index is 4.53. The third-order valence-corrected chi connectivity index (χ3v) is 5.08. The number of rotatable bonds is 12. The number of anilines is 2. The largest absolute Gasteiger partial charge is 0.372 e. The van der Waals surface area contributed by atoms with E-state index in [0.29, 0.717) is 5.82 Å². The van der Waals surface area contributed by atoms with Gasteiger partial charge in [0, 0.05) is 55.5 Å². The first-order chi connectivity index (χ1) is 13.7. The van der Waals surface area contributed by atoms with Crippen LogP contribution in [0, 0.1) is 0 Å². The van der Waals surface area contributed by atoms with Gasteiger partial charge in [-0.2, -0.15) is 0 Å². The van der Waals surface area contributed by atoms with Crippen molar-refractivity contribution in [2.75, 3.05) is 30.4 Å². The Hall–Kier alpha value is -2.49. The molecule has 0 aliphatic carbocycles. The first-order valence-electron chi connectivity index (χ1n) is 10.7. The van der Waals surface area contributed by atoms with Crippen LogP contribution in [-0.2, 0) is 6.42 Å². The molecular weight excluding hydrogens is 356 g/mol. The van der Waals surface area contributed by atoms with Gasteiger partial charge < -0.3 is 15.1 Å².